The lowest BCUT2D eigenvalue weighted by atomic mass is 9.95. The molecule has 1 saturated heterocycles. The van der Waals surface area contributed by atoms with Gasteiger partial charge in [-0.3, -0.25) is 9.59 Å². The Morgan fingerprint density at radius 2 is 1.73 bits per heavy atom. The summed E-state index contributed by atoms with van der Waals surface area (Å²) in [6.45, 7) is 9.35. The van der Waals surface area contributed by atoms with Gasteiger partial charge in [0.2, 0.25) is 5.91 Å². The quantitative estimate of drug-likeness (QED) is 0.887. The van der Waals surface area contributed by atoms with Gasteiger partial charge in [-0.1, -0.05) is 32.9 Å². The highest BCUT2D eigenvalue weighted by molar-refractivity contribution is 5.94. The van der Waals surface area contributed by atoms with Crippen LogP contribution in [0.15, 0.2) is 24.3 Å². The molecule has 0 aromatic heterocycles. The maximum atomic E-state index is 12.3. The molecule has 120 valence electrons. The van der Waals surface area contributed by atoms with Gasteiger partial charge in [0.05, 0.1) is 0 Å². The molecule has 0 atom stereocenters. The summed E-state index contributed by atoms with van der Waals surface area (Å²) in [5, 5.41) is 6.14. The van der Waals surface area contributed by atoms with E-state index in [1.807, 2.05) is 49.9 Å². The van der Waals surface area contributed by atoms with E-state index in [2.05, 4.69) is 10.6 Å². The summed E-state index contributed by atoms with van der Waals surface area (Å²) in [4.78, 5) is 26.0. The predicted molar refractivity (Wildman–Crippen MR) is 86.5 cm³/mol. The molecule has 1 aliphatic rings. The van der Waals surface area contributed by atoms with E-state index in [9.17, 15) is 9.59 Å². The van der Waals surface area contributed by atoms with Crippen LogP contribution in [-0.4, -0.2) is 42.9 Å². The molecule has 2 rings (SSSR count). The first kappa shape index (κ1) is 16.5. The van der Waals surface area contributed by atoms with Gasteiger partial charge >= 0.3 is 0 Å². The average Bonchev–Trinajstić information content (AvgIpc) is 2.52. The molecule has 0 aliphatic carbocycles. The highest BCUT2D eigenvalue weighted by atomic mass is 16.2. The van der Waals surface area contributed by atoms with Crippen LogP contribution < -0.4 is 10.6 Å². The van der Waals surface area contributed by atoms with E-state index in [0.717, 1.165) is 31.7 Å². The zero-order valence-electron chi connectivity index (χ0n) is 13.6. The number of nitrogens with zero attached hydrogens (tertiary/aromatic N) is 1. The zero-order valence-corrected chi connectivity index (χ0v) is 13.6. The fourth-order valence-corrected chi connectivity index (χ4v) is 2.26. The fourth-order valence-electron chi connectivity index (χ4n) is 2.26. The number of amides is 2. The zero-order chi connectivity index (χ0) is 16.2. The minimum Gasteiger partial charge on any atom is -0.352 e. The molecular formula is C17H25N3O2. The van der Waals surface area contributed by atoms with Gasteiger partial charge < -0.3 is 15.5 Å². The van der Waals surface area contributed by atoms with E-state index in [0.29, 0.717) is 12.1 Å². The number of nitrogens with one attached hydrogen (secondary N) is 2. The summed E-state index contributed by atoms with van der Waals surface area (Å²) < 4.78 is 0. The first-order chi connectivity index (χ1) is 10.4. The molecule has 1 fully saturated rings. The number of rotatable bonds is 3. The Morgan fingerprint density at radius 1 is 1.14 bits per heavy atom. The topological polar surface area (TPSA) is 61.4 Å². The standard InChI is InChI=1S/C17H25N3O2/c1-17(2,3)16(22)19-12-13-4-6-14(7-5-13)15(21)20-10-8-18-9-11-20/h4-7,18H,8-12H2,1-3H3,(H,19,22). The first-order valence-corrected chi connectivity index (χ1v) is 7.75. The molecule has 1 aromatic rings. The number of carbonyl (C=O) groups is 2. The van der Waals surface area contributed by atoms with Crippen molar-refractivity contribution in [1.29, 1.82) is 0 Å². The second-order valence-corrected chi connectivity index (χ2v) is 6.67. The third-order valence-corrected chi connectivity index (χ3v) is 3.74. The van der Waals surface area contributed by atoms with E-state index in [1.165, 1.54) is 0 Å². The predicted octanol–water partition coefficient (Wildman–Crippen LogP) is 1.39. The molecule has 2 N–H and O–H groups in total. The highest BCUT2D eigenvalue weighted by Gasteiger charge is 2.21. The number of carbonyl (C=O) groups excluding carboxylic acids is 2. The Labute approximate surface area is 132 Å². The van der Waals surface area contributed by atoms with Gasteiger partial charge in [0.1, 0.15) is 0 Å². The highest BCUT2D eigenvalue weighted by Crippen LogP contribution is 2.13. The van der Waals surface area contributed by atoms with Gasteiger partial charge in [-0.2, -0.15) is 0 Å². The Kier molecular flexibility index (Phi) is 5.19. The molecule has 0 bridgehead atoms. The summed E-state index contributed by atoms with van der Waals surface area (Å²) in [7, 11) is 0. The van der Waals surface area contributed by atoms with Gasteiger partial charge in [0.25, 0.3) is 5.91 Å². The van der Waals surface area contributed by atoms with Crippen LogP contribution >= 0.6 is 0 Å². The molecule has 22 heavy (non-hydrogen) atoms. The summed E-state index contributed by atoms with van der Waals surface area (Å²) >= 11 is 0. The van der Waals surface area contributed by atoms with Crippen molar-refractivity contribution in [1.82, 2.24) is 15.5 Å². The van der Waals surface area contributed by atoms with Crippen LogP contribution in [0.3, 0.4) is 0 Å². The van der Waals surface area contributed by atoms with Crippen molar-refractivity contribution in [3.8, 4) is 0 Å². The molecule has 2 amide bonds. The largest absolute Gasteiger partial charge is 0.352 e. The molecule has 0 radical (unpaired) electrons. The van der Waals surface area contributed by atoms with Crippen LogP contribution in [0.4, 0.5) is 0 Å². The van der Waals surface area contributed by atoms with Gasteiger partial charge in [-0.05, 0) is 17.7 Å². The molecular weight excluding hydrogens is 278 g/mol. The number of piperazine rings is 1. The summed E-state index contributed by atoms with van der Waals surface area (Å²) in [6.07, 6.45) is 0. The van der Waals surface area contributed by atoms with Crippen LogP contribution in [0.25, 0.3) is 0 Å². The number of hydrogen-bond acceptors (Lipinski definition) is 3. The average molecular weight is 303 g/mol. The summed E-state index contributed by atoms with van der Waals surface area (Å²) in [5.41, 5.74) is 1.31. The van der Waals surface area contributed by atoms with Crippen LogP contribution in [0.1, 0.15) is 36.7 Å². The monoisotopic (exact) mass is 303 g/mol. The summed E-state index contributed by atoms with van der Waals surface area (Å²) in [5.74, 6) is 0.0975. The number of benzene rings is 1. The van der Waals surface area contributed by atoms with E-state index < -0.39 is 5.41 Å². The van der Waals surface area contributed by atoms with Crippen LogP contribution in [0.2, 0.25) is 0 Å². The maximum Gasteiger partial charge on any atom is 0.253 e. The van der Waals surface area contributed by atoms with E-state index in [4.69, 9.17) is 0 Å². The van der Waals surface area contributed by atoms with Crippen LogP contribution in [0, 0.1) is 5.41 Å². The third kappa shape index (κ3) is 4.31. The Balaban J connectivity index is 1.92. The third-order valence-electron chi connectivity index (χ3n) is 3.74. The van der Waals surface area contributed by atoms with E-state index in [-0.39, 0.29) is 11.8 Å². The SMILES string of the molecule is CC(C)(C)C(=O)NCc1ccc(C(=O)N2CCNCC2)cc1. The van der Waals surface area contributed by atoms with E-state index in [1.54, 1.807) is 0 Å². The number of hydrogen-bond donors (Lipinski definition) is 2. The minimum absolute atomic E-state index is 0.0217. The minimum atomic E-state index is -0.391. The van der Waals surface area contributed by atoms with Crippen LogP contribution in [-0.2, 0) is 11.3 Å². The molecule has 1 aromatic carbocycles. The second-order valence-electron chi connectivity index (χ2n) is 6.67. The Hall–Kier alpha value is -1.88. The fraction of sp³-hybridized carbons (Fsp3) is 0.529. The van der Waals surface area contributed by atoms with Crippen molar-refractivity contribution in [3.05, 3.63) is 35.4 Å². The first-order valence-electron chi connectivity index (χ1n) is 7.75. The van der Waals surface area contributed by atoms with Gasteiger partial charge in [-0.15, -0.1) is 0 Å². The lowest BCUT2D eigenvalue weighted by Crippen LogP contribution is -2.46. The van der Waals surface area contributed by atoms with Crippen molar-refractivity contribution in [2.75, 3.05) is 26.2 Å². The van der Waals surface area contributed by atoms with E-state index >= 15 is 0 Å². The molecule has 5 heteroatoms. The normalized spacial score (nSPS) is 15.5. The van der Waals surface area contributed by atoms with Crippen molar-refractivity contribution < 1.29 is 9.59 Å². The second kappa shape index (κ2) is 6.92. The molecule has 1 heterocycles. The molecule has 5 nitrogen and oxygen atoms in total. The van der Waals surface area contributed by atoms with Gasteiger partial charge in [-0.25, -0.2) is 0 Å². The van der Waals surface area contributed by atoms with Gasteiger partial charge in [0, 0.05) is 43.7 Å². The van der Waals surface area contributed by atoms with Gasteiger partial charge in [0.15, 0.2) is 0 Å². The summed E-state index contributed by atoms with van der Waals surface area (Å²) in [6, 6.07) is 7.47. The lowest BCUT2D eigenvalue weighted by Gasteiger charge is -2.27. The van der Waals surface area contributed by atoms with Crippen LogP contribution in [0.5, 0.6) is 0 Å². The molecule has 0 unspecified atom stereocenters. The van der Waals surface area contributed by atoms with Crippen molar-refractivity contribution in [3.63, 3.8) is 0 Å². The molecule has 0 saturated carbocycles. The maximum absolute atomic E-state index is 12.3. The molecule has 1 aliphatic heterocycles. The van der Waals surface area contributed by atoms with Crippen molar-refractivity contribution in [2.45, 2.75) is 27.3 Å². The van der Waals surface area contributed by atoms with Crippen molar-refractivity contribution >= 4 is 11.8 Å². The Bertz CT molecular complexity index is 526. The lowest BCUT2D eigenvalue weighted by molar-refractivity contribution is -0.128. The Morgan fingerprint density at radius 3 is 2.27 bits per heavy atom. The van der Waals surface area contributed by atoms with Crippen molar-refractivity contribution in [2.24, 2.45) is 5.41 Å². The molecule has 0 spiro atoms. The smallest absolute Gasteiger partial charge is 0.253 e.